The van der Waals surface area contributed by atoms with Crippen LogP contribution in [0, 0.1) is 23.0 Å². The highest BCUT2D eigenvalue weighted by Crippen LogP contribution is 2.17. The van der Waals surface area contributed by atoms with Gasteiger partial charge >= 0.3 is 0 Å². The number of rotatable bonds is 4. The van der Waals surface area contributed by atoms with Crippen LogP contribution in [-0.2, 0) is 0 Å². The van der Waals surface area contributed by atoms with Gasteiger partial charge in [0.25, 0.3) is 5.91 Å². The van der Waals surface area contributed by atoms with Gasteiger partial charge in [0.1, 0.15) is 6.07 Å². The van der Waals surface area contributed by atoms with Gasteiger partial charge < -0.3 is 10.6 Å². The molecule has 0 saturated carbocycles. The van der Waals surface area contributed by atoms with Crippen molar-refractivity contribution in [3.8, 4) is 6.07 Å². The molecule has 8 heteroatoms. The van der Waals surface area contributed by atoms with Gasteiger partial charge in [-0.15, -0.1) is 0 Å². The molecular formula is C18H11F2N5O. The molecule has 0 saturated heterocycles. The number of para-hydroxylation sites is 1. The maximum atomic E-state index is 13.2. The number of nitrogens with one attached hydrogen (secondary N) is 2. The number of halogens is 2. The Morgan fingerprint density at radius 1 is 1.04 bits per heavy atom. The Labute approximate surface area is 147 Å². The average Bonchev–Trinajstić information content (AvgIpc) is 2.66. The predicted octanol–water partition coefficient (Wildman–Crippen LogP) is 3.62. The van der Waals surface area contributed by atoms with Gasteiger partial charge in [-0.05, 0) is 24.3 Å². The van der Waals surface area contributed by atoms with Crippen LogP contribution < -0.4 is 10.6 Å². The van der Waals surface area contributed by atoms with Crippen molar-refractivity contribution in [2.24, 2.45) is 0 Å². The highest BCUT2D eigenvalue weighted by atomic mass is 19.2. The van der Waals surface area contributed by atoms with Gasteiger partial charge in [-0.1, -0.05) is 12.1 Å². The summed E-state index contributed by atoms with van der Waals surface area (Å²) in [5, 5.41) is 14.3. The number of carbonyl (C=O) groups excluding carboxylic acids is 1. The van der Waals surface area contributed by atoms with Crippen LogP contribution in [0.1, 0.15) is 15.9 Å². The van der Waals surface area contributed by atoms with E-state index in [4.69, 9.17) is 5.26 Å². The summed E-state index contributed by atoms with van der Waals surface area (Å²) in [6.07, 6.45) is 2.55. The third-order valence-electron chi connectivity index (χ3n) is 3.39. The van der Waals surface area contributed by atoms with E-state index >= 15 is 0 Å². The van der Waals surface area contributed by atoms with E-state index in [0.29, 0.717) is 11.3 Å². The minimum atomic E-state index is -0.998. The van der Waals surface area contributed by atoms with E-state index in [2.05, 4.69) is 20.6 Å². The number of nitriles is 1. The summed E-state index contributed by atoms with van der Waals surface area (Å²) in [5.74, 6) is -2.32. The molecule has 3 rings (SSSR count). The number of anilines is 3. The number of aromatic nitrogens is 2. The molecule has 1 amide bonds. The first-order valence-electron chi connectivity index (χ1n) is 7.41. The molecule has 128 valence electrons. The lowest BCUT2D eigenvalue weighted by Crippen LogP contribution is -2.14. The van der Waals surface area contributed by atoms with Crippen molar-refractivity contribution in [1.29, 1.82) is 5.26 Å². The molecule has 0 unspecified atom stereocenters. The van der Waals surface area contributed by atoms with Crippen molar-refractivity contribution >= 4 is 23.2 Å². The number of hydrogen-bond acceptors (Lipinski definition) is 5. The fraction of sp³-hybridized carbons (Fsp3) is 0. The zero-order valence-corrected chi connectivity index (χ0v) is 13.2. The minimum absolute atomic E-state index is 0.116. The molecule has 0 fully saturated rings. The molecule has 3 aromatic rings. The van der Waals surface area contributed by atoms with Crippen LogP contribution in [0.25, 0.3) is 0 Å². The first kappa shape index (κ1) is 17.0. The van der Waals surface area contributed by atoms with Crippen LogP contribution in [0.2, 0.25) is 0 Å². The number of benzene rings is 2. The second kappa shape index (κ2) is 7.36. The van der Waals surface area contributed by atoms with Gasteiger partial charge in [0.05, 0.1) is 16.8 Å². The Hall–Kier alpha value is -3.86. The molecule has 0 bridgehead atoms. The molecule has 26 heavy (non-hydrogen) atoms. The Balaban J connectivity index is 1.71. The van der Waals surface area contributed by atoms with Crippen LogP contribution in [-0.4, -0.2) is 15.9 Å². The van der Waals surface area contributed by atoms with Crippen LogP contribution >= 0.6 is 0 Å². The van der Waals surface area contributed by atoms with Gasteiger partial charge in [0.15, 0.2) is 11.6 Å². The summed E-state index contributed by atoms with van der Waals surface area (Å²) in [4.78, 5) is 20.2. The van der Waals surface area contributed by atoms with Gasteiger partial charge in [-0.3, -0.25) is 4.79 Å². The molecule has 2 N–H and O–H groups in total. The molecule has 1 heterocycles. The zero-order chi connectivity index (χ0) is 18.5. The average molecular weight is 351 g/mol. The maximum Gasteiger partial charge on any atom is 0.258 e. The first-order valence-corrected chi connectivity index (χ1v) is 7.41. The van der Waals surface area contributed by atoms with E-state index in [-0.39, 0.29) is 17.2 Å². The summed E-state index contributed by atoms with van der Waals surface area (Å²) in [6, 6.07) is 11.8. The third kappa shape index (κ3) is 3.79. The Kier molecular flexibility index (Phi) is 4.80. The number of amides is 1. The van der Waals surface area contributed by atoms with Gasteiger partial charge in [-0.2, -0.15) is 5.26 Å². The highest BCUT2D eigenvalue weighted by Gasteiger charge is 2.10. The molecule has 2 aromatic carbocycles. The van der Waals surface area contributed by atoms with Crippen LogP contribution in [0.5, 0.6) is 0 Å². The van der Waals surface area contributed by atoms with Crippen molar-refractivity contribution in [3.63, 3.8) is 0 Å². The summed E-state index contributed by atoms with van der Waals surface area (Å²) in [6.45, 7) is 0. The lowest BCUT2D eigenvalue weighted by molar-refractivity contribution is 0.102. The molecule has 0 aliphatic carbocycles. The molecule has 6 nitrogen and oxygen atoms in total. The Morgan fingerprint density at radius 2 is 1.77 bits per heavy atom. The summed E-state index contributed by atoms with van der Waals surface area (Å²) in [7, 11) is 0. The standard InChI is InChI=1S/C18H11F2N5O/c19-14-6-5-13(7-15(14)20)24-18-22-9-12(10-23-18)17(26)25-16-4-2-1-3-11(16)8-21/h1-7,9-10H,(H,25,26)(H,22,23,24). The maximum absolute atomic E-state index is 13.2. The zero-order valence-electron chi connectivity index (χ0n) is 13.2. The second-order valence-electron chi connectivity index (χ2n) is 5.16. The lowest BCUT2D eigenvalue weighted by Gasteiger charge is -2.08. The van der Waals surface area contributed by atoms with Gasteiger partial charge in [0, 0.05) is 24.1 Å². The van der Waals surface area contributed by atoms with Crippen LogP contribution in [0.4, 0.5) is 26.1 Å². The van der Waals surface area contributed by atoms with Crippen molar-refractivity contribution < 1.29 is 13.6 Å². The van der Waals surface area contributed by atoms with Crippen molar-refractivity contribution in [2.45, 2.75) is 0 Å². The molecule has 0 spiro atoms. The largest absolute Gasteiger partial charge is 0.324 e. The lowest BCUT2D eigenvalue weighted by atomic mass is 10.2. The predicted molar refractivity (Wildman–Crippen MR) is 90.8 cm³/mol. The Morgan fingerprint density at radius 3 is 2.46 bits per heavy atom. The van der Waals surface area contributed by atoms with E-state index in [1.54, 1.807) is 24.3 Å². The minimum Gasteiger partial charge on any atom is -0.324 e. The van der Waals surface area contributed by atoms with E-state index in [1.807, 2.05) is 6.07 Å². The number of hydrogen-bond donors (Lipinski definition) is 2. The van der Waals surface area contributed by atoms with Gasteiger partial charge in [0.2, 0.25) is 5.95 Å². The van der Waals surface area contributed by atoms with Crippen molar-refractivity contribution in [3.05, 3.63) is 77.6 Å². The monoisotopic (exact) mass is 351 g/mol. The van der Waals surface area contributed by atoms with E-state index < -0.39 is 17.5 Å². The van der Waals surface area contributed by atoms with Crippen molar-refractivity contribution in [2.75, 3.05) is 10.6 Å². The number of carbonyl (C=O) groups is 1. The summed E-state index contributed by atoms with van der Waals surface area (Å²) in [5.41, 5.74) is 1.15. The van der Waals surface area contributed by atoms with Crippen LogP contribution in [0.3, 0.4) is 0 Å². The quantitative estimate of drug-likeness (QED) is 0.749. The fourth-order valence-electron chi connectivity index (χ4n) is 2.10. The van der Waals surface area contributed by atoms with Crippen LogP contribution in [0.15, 0.2) is 54.9 Å². The summed E-state index contributed by atoms with van der Waals surface area (Å²) >= 11 is 0. The van der Waals surface area contributed by atoms with E-state index in [0.717, 1.165) is 12.1 Å². The normalized spacial score (nSPS) is 10.0. The molecule has 0 radical (unpaired) electrons. The summed E-state index contributed by atoms with van der Waals surface area (Å²) < 4.78 is 26.1. The van der Waals surface area contributed by atoms with Crippen molar-refractivity contribution in [1.82, 2.24) is 9.97 Å². The molecule has 0 aliphatic rings. The SMILES string of the molecule is N#Cc1ccccc1NC(=O)c1cnc(Nc2ccc(F)c(F)c2)nc1. The molecule has 0 atom stereocenters. The molecular weight excluding hydrogens is 340 g/mol. The topological polar surface area (TPSA) is 90.7 Å². The second-order valence-corrected chi connectivity index (χ2v) is 5.16. The fourth-order valence-corrected chi connectivity index (χ4v) is 2.10. The van der Waals surface area contributed by atoms with E-state index in [9.17, 15) is 13.6 Å². The highest BCUT2D eigenvalue weighted by molar-refractivity contribution is 6.04. The smallest absolute Gasteiger partial charge is 0.258 e. The Bertz CT molecular complexity index is 999. The third-order valence-corrected chi connectivity index (χ3v) is 3.39. The molecule has 1 aromatic heterocycles. The molecule has 0 aliphatic heterocycles. The van der Waals surface area contributed by atoms with E-state index in [1.165, 1.54) is 18.5 Å². The number of nitrogens with zero attached hydrogens (tertiary/aromatic N) is 3. The first-order chi connectivity index (χ1) is 12.6. The van der Waals surface area contributed by atoms with Gasteiger partial charge in [-0.25, -0.2) is 18.7 Å².